The van der Waals surface area contributed by atoms with Crippen LogP contribution < -0.4 is 5.32 Å². The molecule has 1 saturated heterocycles. The Kier molecular flexibility index (Phi) is 7.52. The van der Waals surface area contributed by atoms with Crippen LogP contribution in [0.4, 0.5) is 0 Å². The first-order chi connectivity index (χ1) is 16.0. The molecule has 2 aliphatic rings. The number of hydrogen-bond acceptors (Lipinski definition) is 4. The molecule has 0 bridgehead atoms. The van der Waals surface area contributed by atoms with Crippen LogP contribution in [0.3, 0.4) is 0 Å². The van der Waals surface area contributed by atoms with Crippen LogP contribution in [0.25, 0.3) is 0 Å². The van der Waals surface area contributed by atoms with Crippen LogP contribution in [-0.4, -0.2) is 50.3 Å². The summed E-state index contributed by atoms with van der Waals surface area (Å²) in [6.45, 7) is 10.3. The second-order valence-electron chi connectivity index (χ2n) is 9.70. The highest BCUT2D eigenvalue weighted by Gasteiger charge is 2.54. The smallest absolute Gasteiger partial charge is 0.220 e. The minimum atomic E-state index is -0.114. The minimum absolute atomic E-state index is 0.0689. The van der Waals surface area contributed by atoms with Crippen molar-refractivity contribution in [3.8, 4) is 0 Å². The van der Waals surface area contributed by atoms with Crippen LogP contribution in [0.2, 0.25) is 0 Å². The molecular weight excluding hydrogens is 412 g/mol. The molecule has 1 fully saturated rings. The summed E-state index contributed by atoms with van der Waals surface area (Å²) in [7, 11) is 1.70. The first-order valence-electron chi connectivity index (χ1n) is 12.3. The first-order valence-corrected chi connectivity index (χ1v) is 12.3. The van der Waals surface area contributed by atoms with Crippen LogP contribution in [-0.2, 0) is 26.2 Å². The van der Waals surface area contributed by atoms with E-state index in [1.165, 1.54) is 27.8 Å². The number of aryl methyl sites for hydroxylation is 2. The van der Waals surface area contributed by atoms with Crippen LogP contribution >= 0.6 is 0 Å². The fourth-order valence-corrected chi connectivity index (χ4v) is 5.88. The number of nitrogens with zero attached hydrogens (tertiary/aromatic N) is 1. The maximum Gasteiger partial charge on any atom is 0.220 e. The van der Waals surface area contributed by atoms with E-state index in [1.54, 1.807) is 7.11 Å². The van der Waals surface area contributed by atoms with E-state index in [4.69, 9.17) is 9.47 Å². The van der Waals surface area contributed by atoms with Gasteiger partial charge in [-0.05, 0) is 56.5 Å². The van der Waals surface area contributed by atoms with Crippen molar-refractivity contribution >= 4 is 5.91 Å². The molecule has 2 aromatic carbocycles. The molecule has 5 nitrogen and oxygen atoms in total. The number of fused-ring (bicyclic) bond motifs is 2. The van der Waals surface area contributed by atoms with Gasteiger partial charge in [0.05, 0.1) is 25.4 Å². The zero-order valence-electron chi connectivity index (χ0n) is 20.5. The zero-order chi connectivity index (χ0) is 23.4. The average molecular weight is 451 g/mol. The van der Waals surface area contributed by atoms with Crippen molar-refractivity contribution in [1.29, 1.82) is 0 Å². The van der Waals surface area contributed by atoms with Gasteiger partial charge in [-0.3, -0.25) is 9.69 Å². The van der Waals surface area contributed by atoms with E-state index < -0.39 is 0 Å². The number of rotatable bonds is 8. The van der Waals surface area contributed by atoms with Gasteiger partial charge in [0.25, 0.3) is 0 Å². The van der Waals surface area contributed by atoms with E-state index in [2.05, 4.69) is 66.5 Å². The number of benzene rings is 2. The van der Waals surface area contributed by atoms with Crippen molar-refractivity contribution in [2.45, 2.75) is 64.1 Å². The van der Waals surface area contributed by atoms with Crippen molar-refractivity contribution in [1.82, 2.24) is 10.2 Å². The highest BCUT2D eigenvalue weighted by atomic mass is 16.5. The predicted octanol–water partition coefficient (Wildman–Crippen LogP) is 4.45. The van der Waals surface area contributed by atoms with Crippen LogP contribution in [0.1, 0.15) is 60.0 Å². The molecule has 1 aliphatic carbocycles. The van der Waals surface area contributed by atoms with Crippen molar-refractivity contribution in [2.75, 3.05) is 33.4 Å². The lowest BCUT2D eigenvalue weighted by atomic mass is 9.71. The molecule has 0 unspecified atom stereocenters. The quantitative estimate of drug-likeness (QED) is 0.604. The lowest BCUT2D eigenvalue weighted by Crippen LogP contribution is -2.51. The summed E-state index contributed by atoms with van der Waals surface area (Å²) in [5.74, 6) is 0.0689. The molecule has 1 N–H and O–H groups in total. The number of hydrogen-bond donors (Lipinski definition) is 1. The Morgan fingerprint density at radius 1 is 1.09 bits per heavy atom. The second-order valence-corrected chi connectivity index (χ2v) is 9.70. The monoisotopic (exact) mass is 450 g/mol. The van der Waals surface area contributed by atoms with Crippen LogP contribution in [0.15, 0.2) is 42.5 Å². The van der Waals surface area contributed by atoms with Gasteiger partial charge < -0.3 is 14.8 Å². The minimum Gasteiger partial charge on any atom is -0.382 e. The largest absolute Gasteiger partial charge is 0.382 e. The molecule has 178 valence electrons. The third-order valence-electron chi connectivity index (χ3n) is 7.34. The number of amides is 1. The molecule has 2 aromatic rings. The molecule has 4 rings (SSSR count). The molecule has 0 aromatic heterocycles. The number of methoxy groups -OCH3 is 1. The van der Waals surface area contributed by atoms with Gasteiger partial charge in [-0.15, -0.1) is 0 Å². The maximum absolute atomic E-state index is 12.4. The van der Waals surface area contributed by atoms with Crippen molar-refractivity contribution in [2.24, 2.45) is 0 Å². The average Bonchev–Trinajstić information content (AvgIpc) is 3.04. The van der Waals surface area contributed by atoms with Crippen molar-refractivity contribution in [3.05, 3.63) is 70.3 Å². The molecule has 1 aliphatic heterocycles. The fraction of sp³-hybridized carbons (Fsp3) is 0.536. The van der Waals surface area contributed by atoms with Gasteiger partial charge in [0.2, 0.25) is 5.91 Å². The summed E-state index contributed by atoms with van der Waals surface area (Å²) in [4.78, 5) is 15.0. The Bertz CT molecular complexity index is 945. The van der Waals surface area contributed by atoms with Gasteiger partial charge in [-0.1, -0.05) is 60.5 Å². The lowest BCUT2D eigenvalue weighted by Gasteiger charge is -2.44. The van der Waals surface area contributed by atoms with Gasteiger partial charge in [0, 0.05) is 25.5 Å². The van der Waals surface area contributed by atoms with Gasteiger partial charge in [-0.25, -0.2) is 0 Å². The summed E-state index contributed by atoms with van der Waals surface area (Å²) in [5.41, 5.74) is 6.50. The summed E-state index contributed by atoms with van der Waals surface area (Å²) in [5, 5.41) is 3.28. The third kappa shape index (κ3) is 5.01. The Balaban J connectivity index is 1.58. The standard InChI is InChI=1S/C28H38N2O3/c1-5-25(31)29-26-23-8-6-7-9-24(23)28(27(26)33-15-14-32-4)10-12-30(13-11-28)19-22-17-20(2)16-21(3)18-22/h6-9,16-18,26-27H,5,10-15,19H2,1-4H3,(H,29,31)/t26-,27+/m1/s1. The number of likely N-dealkylation sites (tertiary alicyclic amines) is 1. The SMILES string of the molecule is CCC(=O)N[C@@H]1c2ccccc2C2(CCN(Cc3cc(C)cc(C)c3)CC2)[C@H]1OCCOC. The number of carbonyl (C=O) groups is 1. The van der Waals surface area contributed by atoms with E-state index in [9.17, 15) is 4.79 Å². The van der Waals surface area contributed by atoms with Crippen LogP contribution in [0.5, 0.6) is 0 Å². The van der Waals surface area contributed by atoms with Gasteiger partial charge in [0.15, 0.2) is 0 Å². The summed E-state index contributed by atoms with van der Waals surface area (Å²) < 4.78 is 11.8. The Morgan fingerprint density at radius 2 is 1.79 bits per heavy atom. The van der Waals surface area contributed by atoms with E-state index in [1.807, 2.05) is 6.92 Å². The van der Waals surface area contributed by atoms with E-state index in [0.29, 0.717) is 19.6 Å². The zero-order valence-corrected chi connectivity index (χ0v) is 20.5. The van der Waals surface area contributed by atoms with Gasteiger partial charge in [-0.2, -0.15) is 0 Å². The third-order valence-corrected chi connectivity index (χ3v) is 7.34. The molecule has 33 heavy (non-hydrogen) atoms. The first kappa shape index (κ1) is 23.9. The summed E-state index contributed by atoms with van der Waals surface area (Å²) in [6.07, 6.45) is 2.43. The van der Waals surface area contributed by atoms with Crippen molar-refractivity contribution < 1.29 is 14.3 Å². The van der Waals surface area contributed by atoms with Gasteiger partial charge in [0.1, 0.15) is 0 Å². The second kappa shape index (κ2) is 10.4. The van der Waals surface area contributed by atoms with Crippen LogP contribution in [0, 0.1) is 13.8 Å². The number of ether oxygens (including phenoxy) is 2. The fourth-order valence-electron chi connectivity index (χ4n) is 5.88. The van der Waals surface area contributed by atoms with E-state index >= 15 is 0 Å². The molecule has 0 saturated carbocycles. The molecule has 2 atom stereocenters. The molecule has 1 spiro atoms. The molecule has 5 heteroatoms. The number of nitrogens with one attached hydrogen (secondary N) is 1. The lowest BCUT2D eigenvalue weighted by molar-refractivity contribution is -0.124. The number of carbonyl (C=O) groups excluding carboxylic acids is 1. The van der Waals surface area contributed by atoms with E-state index in [0.717, 1.165) is 32.5 Å². The van der Waals surface area contributed by atoms with E-state index in [-0.39, 0.29) is 23.5 Å². The maximum atomic E-state index is 12.4. The topological polar surface area (TPSA) is 50.8 Å². The Hall–Kier alpha value is -2.21. The molecule has 0 radical (unpaired) electrons. The van der Waals surface area contributed by atoms with Gasteiger partial charge >= 0.3 is 0 Å². The highest BCUT2D eigenvalue weighted by molar-refractivity contribution is 5.76. The predicted molar refractivity (Wildman–Crippen MR) is 131 cm³/mol. The molecular formula is C28H38N2O3. The molecule has 1 heterocycles. The normalized spacial score (nSPS) is 21.8. The summed E-state index contributed by atoms with van der Waals surface area (Å²) >= 11 is 0. The number of piperidine rings is 1. The Labute approximate surface area is 198 Å². The summed E-state index contributed by atoms with van der Waals surface area (Å²) in [6, 6.07) is 15.3. The van der Waals surface area contributed by atoms with Crippen molar-refractivity contribution in [3.63, 3.8) is 0 Å². The highest BCUT2D eigenvalue weighted by Crippen LogP contribution is 2.52. The Morgan fingerprint density at radius 3 is 2.45 bits per heavy atom. The molecule has 1 amide bonds.